The normalized spacial score (nSPS) is 11.5. The highest BCUT2D eigenvalue weighted by molar-refractivity contribution is 9.10. The molecule has 0 radical (unpaired) electrons. The third-order valence-electron chi connectivity index (χ3n) is 1.70. The zero-order valence-corrected chi connectivity index (χ0v) is 10.0. The molecule has 3 N–H and O–H groups in total. The van der Waals surface area contributed by atoms with E-state index in [4.69, 9.17) is 5.73 Å². The van der Waals surface area contributed by atoms with Crippen LogP contribution < -0.4 is 11.1 Å². The van der Waals surface area contributed by atoms with Gasteiger partial charge < -0.3 is 11.1 Å². The molecule has 0 saturated heterocycles. The van der Waals surface area contributed by atoms with Crippen molar-refractivity contribution in [3.63, 3.8) is 0 Å². The fourth-order valence-electron chi connectivity index (χ4n) is 1.00. The minimum atomic E-state index is -0.295. The topological polar surface area (TPSA) is 50.4 Å². The van der Waals surface area contributed by atoms with Gasteiger partial charge in [-0.3, -0.25) is 4.99 Å². The van der Waals surface area contributed by atoms with E-state index in [1.807, 2.05) is 6.92 Å². The number of guanidine groups is 1. The Kier molecular flexibility index (Phi) is 4.55. The van der Waals surface area contributed by atoms with Crippen molar-refractivity contribution in [1.29, 1.82) is 0 Å². The average molecular weight is 274 g/mol. The van der Waals surface area contributed by atoms with E-state index in [9.17, 15) is 4.39 Å². The molecule has 0 aliphatic rings. The van der Waals surface area contributed by atoms with Gasteiger partial charge in [0.15, 0.2) is 5.96 Å². The van der Waals surface area contributed by atoms with Gasteiger partial charge in [0.25, 0.3) is 0 Å². The molecule has 0 amide bonds. The van der Waals surface area contributed by atoms with Crippen LogP contribution in [0.15, 0.2) is 27.7 Å². The van der Waals surface area contributed by atoms with Gasteiger partial charge in [-0.25, -0.2) is 4.39 Å². The van der Waals surface area contributed by atoms with Gasteiger partial charge in [0.2, 0.25) is 0 Å². The summed E-state index contributed by atoms with van der Waals surface area (Å²) in [7, 11) is 0. The van der Waals surface area contributed by atoms with E-state index in [1.54, 1.807) is 6.07 Å². The van der Waals surface area contributed by atoms with Crippen LogP contribution in [0.4, 0.5) is 10.1 Å². The van der Waals surface area contributed by atoms with Crippen LogP contribution in [0, 0.1) is 5.82 Å². The van der Waals surface area contributed by atoms with Crippen molar-refractivity contribution < 1.29 is 4.39 Å². The number of hydrogen-bond donors (Lipinski definition) is 2. The zero-order chi connectivity index (χ0) is 11.3. The van der Waals surface area contributed by atoms with Crippen molar-refractivity contribution in [3.05, 3.63) is 28.5 Å². The summed E-state index contributed by atoms with van der Waals surface area (Å²) in [5.74, 6) is 0.0423. The Morgan fingerprint density at radius 1 is 1.60 bits per heavy atom. The lowest BCUT2D eigenvalue weighted by Crippen LogP contribution is -2.23. The van der Waals surface area contributed by atoms with Crippen LogP contribution in [-0.2, 0) is 0 Å². The minimum absolute atomic E-state index is 0.295. The van der Waals surface area contributed by atoms with Crippen molar-refractivity contribution in [1.82, 2.24) is 0 Å². The molecule has 5 heteroatoms. The lowest BCUT2D eigenvalue weighted by atomic mass is 10.3. The second-order valence-corrected chi connectivity index (χ2v) is 3.87. The summed E-state index contributed by atoms with van der Waals surface area (Å²) in [5.41, 5.74) is 6.33. The average Bonchev–Trinajstić information content (AvgIpc) is 2.19. The molecule has 3 nitrogen and oxygen atoms in total. The number of nitrogens with one attached hydrogen (secondary N) is 1. The first-order chi connectivity index (χ1) is 7.13. The number of nitrogens with zero attached hydrogens (tertiary/aromatic N) is 1. The predicted molar refractivity (Wildman–Crippen MR) is 64.5 cm³/mol. The van der Waals surface area contributed by atoms with Gasteiger partial charge in [-0.2, -0.15) is 0 Å². The van der Waals surface area contributed by atoms with Crippen LogP contribution in [0.5, 0.6) is 0 Å². The van der Waals surface area contributed by atoms with E-state index in [2.05, 4.69) is 26.2 Å². The Morgan fingerprint density at radius 2 is 2.33 bits per heavy atom. The third kappa shape index (κ3) is 3.87. The number of nitrogens with two attached hydrogens (primary N) is 1. The highest BCUT2D eigenvalue weighted by Crippen LogP contribution is 2.22. The number of halogens is 2. The van der Waals surface area contributed by atoms with E-state index >= 15 is 0 Å². The molecule has 1 rings (SSSR count). The second-order valence-electron chi connectivity index (χ2n) is 3.02. The largest absolute Gasteiger partial charge is 0.370 e. The van der Waals surface area contributed by atoms with Crippen molar-refractivity contribution in [2.45, 2.75) is 13.3 Å². The summed E-state index contributed by atoms with van der Waals surface area (Å²) in [6, 6.07) is 4.34. The fraction of sp³-hybridized carbons (Fsp3) is 0.300. The zero-order valence-electron chi connectivity index (χ0n) is 8.43. The van der Waals surface area contributed by atoms with Crippen molar-refractivity contribution in [3.8, 4) is 0 Å². The van der Waals surface area contributed by atoms with Crippen LogP contribution in [0.2, 0.25) is 0 Å². The van der Waals surface area contributed by atoms with Crippen LogP contribution >= 0.6 is 15.9 Å². The number of hydrogen-bond acceptors (Lipinski definition) is 1. The molecule has 0 unspecified atom stereocenters. The van der Waals surface area contributed by atoms with E-state index in [0.29, 0.717) is 22.7 Å². The molecule has 0 heterocycles. The highest BCUT2D eigenvalue weighted by atomic mass is 79.9. The first-order valence-electron chi connectivity index (χ1n) is 4.65. The van der Waals surface area contributed by atoms with Crippen LogP contribution in [0.1, 0.15) is 13.3 Å². The van der Waals surface area contributed by atoms with Crippen molar-refractivity contribution >= 4 is 27.6 Å². The molecular formula is C10H13BrFN3. The van der Waals surface area contributed by atoms with Gasteiger partial charge >= 0.3 is 0 Å². The molecule has 0 aromatic heterocycles. The predicted octanol–water partition coefficient (Wildman–Crippen LogP) is 2.72. The summed E-state index contributed by atoms with van der Waals surface area (Å²) >= 11 is 3.23. The molecule has 0 fully saturated rings. The number of aliphatic imine (C=N–C) groups is 1. The molecule has 82 valence electrons. The summed E-state index contributed by atoms with van der Waals surface area (Å²) < 4.78 is 13.4. The Bertz CT molecular complexity index is 366. The monoisotopic (exact) mass is 273 g/mol. The standard InChI is InChI=1S/C10H13BrFN3/c1-2-5-14-10(13)15-9-4-3-7(12)6-8(9)11/h3-4,6H,2,5H2,1H3,(H3,13,14,15). The molecule has 0 spiro atoms. The number of anilines is 1. The number of rotatable bonds is 3. The molecule has 0 aliphatic carbocycles. The van der Waals surface area contributed by atoms with Crippen molar-refractivity contribution in [2.75, 3.05) is 11.9 Å². The van der Waals surface area contributed by atoms with E-state index in [-0.39, 0.29) is 5.82 Å². The van der Waals surface area contributed by atoms with Crippen LogP contribution in [-0.4, -0.2) is 12.5 Å². The van der Waals surface area contributed by atoms with E-state index < -0.39 is 0 Å². The van der Waals surface area contributed by atoms with Gasteiger partial charge in [-0.1, -0.05) is 6.92 Å². The summed E-state index contributed by atoms with van der Waals surface area (Å²) in [5, 5.41) is 2.89. The molecule has 0 atom stereocenters. The summed E-state index contributed by atoms with van der Waals surface area (Å²) in [6.07, 6.45) is 0.937. The Morgan fingerprint density at radius 3 is 2.93 bits per heavy atom. The highest BCUT2D eigenvalue weighted by Gasteiger charge is 2.01. The second kappa shape index (κ2) is 5.70. The smallest absolute Gasteiger partial charge is 0.193 e. The van der Waals surface area contributed by atoms with Crippen LogP contribution in [0.3, 0.4) is 0 Å². The van der Waals surface area contributed by atoms with E-state index in [1.165, 1.54) is 12.1 Å². The van der Waals surface area contributed by atoms with Crippen LogP contribution in [0.25, 0.3) is 0 Å². The molecule has 0 aliphatic heterocycles. The van der Waals surface area contributed by atoms with Gasteiger partial charge in [-0.05, 0) is 40.5 Å². The van der Waals surface area contributed by atoms with Gasteiger partial charge in [0, 0.05) is 11.0 Å². The maximum Gasteiger partial charge on any atom is 0.193 e. The third-order valence-corrected chi connectivity index (χ3v) is 2.36. The lowest BCUT2D eigenvalue weighted by Gasteiger charge is -2.07. The molecule has 1 aromatic carbocycles. The first kappa shape index (κ1) is 12.0. The Hall–Kier alpha value is -1.10. The summed E-state index contributed by atoms with van der Waals surface area (Å²) in [6.45, 7) is 2.70. The molecule has 0 bridgehead atoms. The Balaban J connectivity index is 2.72. The first-order valence-corrected chi connectivity index (χ1v) is 5.44. The van der Waals surface area contributed by atoms with Gasteiger partial charge in [0.1, 0.15) is 5.82 Å². The maximum absolute atomic E-state index is 12.8. The molecule has 1 aromatic rings. The molecule has 0 saturated carbocycles. The Labute approximate surface area is 96.7 Å². The lowest BCUT2D eigenvalue weighted by molar-refractivity contribution is 0.627. The van der Waals surface area contributed by atoms with Gasteiger partial charge in [-0.15, -0.1) is 0 Å². The van der Waals surface area contributed by atoms with Crippen molar-refractivity contribution in [2.24, 2.45) is 10.7 Å². The minimum Gasteiger partial charge on any atom is -0.370 e. The van der Waals surface area contributed by atoms with E-state index in [0.717, 1.165) is 6.42 Å². The number of benzene rings is 1. The molecular weight excluding hydrogens is 261 g/mol. The SMILES string of the molecule is CCCN=C(N)Nc1ccc(F)cc1Br. The maximum atomic E-state index is 12.8. The fourth-order valence-corrected chi connectivity index (χ4v) is 1.45. The summed E-state index contributed by atoms with van der Waals surface area (Å²) in [4.78, 5) is 4.07. The van der Waals surface area contributed by atoms with Gasteiger partial charge in [0.05, 0.1) is 5.69 Å². The quantitative estimate of drug-likeness (QED) is 0.657. The molecule has 15 heavy (non-hydrogen) atoms.